The minimum absolute atomic E-state index is 0.215. The van der Waals surface area contributed by atoms with Gasteiger partial charge in [0.2, 0.25) is 0 Å². The van der Waals surface area contributed by atoms with E-state index in [0.717, 1.165) is 5.69 Å². The van der Waals surface area contributed by atoms with Crippen LogP contribution >= 0.6 is 11.6 Å². The van der Waals surface area contributed by atoms with Crippen LogP contribution in [0.3, 0.4) is 0 Å². The quantitative estimate of drug-likeness (QED) is 0.914. The van der Waals surface area contributed by atoms with Gasteiger partial charge in [0.05, 0.1) is 16.9 Å². The van der Waals surface area contributed by atoms with Gasteiger partial charge in [0.25, 0.3) is 5.91 Å². The van der Waals surface area contributed by atoms with Crippen LogP contribution in [0.4, 0.5) is 0 Å². The van der Waals surface area contributed by atoms with Crippen LogP contribution in [0.5, 0.6) is 0 Å². The maximum Gasteiger partial charge on any atom is 0.254 e. The number of carbonyl (C=O) groups excluding carboxylic acids is 1. The summed E-state index contributed by atoms with van der Waals surface area (Å²) in [5.41, 5.74) is 1.18. The molecule has 0 radical (unpaired) electrons. The number of hydrogen-bond donors (Lipinski definition) is 1. The Labute approximate surface area is 110 Å². The van der Waals surface area contributed by atoms with Crippen LogP contribution in [-0.4, -0.2) is 27.0 Å². The fraction of sp³-hybridized carbons (Fsp3) is 0.250. The van der Waals surface area contributed by atoms with Crippen LogP contribution in [0, 0.1) is 6.92 Å². The summed E-state index contributed by atoms with van der Waals surface area (Å²) in [6.07, 6.45) is 6.73. The molecule has 5 nitrogen and oxygen atoms in total. The normalized spacial score (nSPS) is 10.3. The van der Waals surface area contributed by atoms with Gasteiger partial charge in [-0.25, -0.2) is 4.98 Å². The number of nitrogens with zero attached hydrogens (tertiary/aromatic N) is 3. The van der Waals surface area contributed by atoms with Gasteiger partial charge >= 0.3 is 0 Å². The van der Waals surface area contributed by atoms with Crippen molar-refractivity contribution < 1.29 is 4.79 Å². The van der Waals surface area contributed by atoms with E-state index in [4.69, 9.17) is 11.6 Å². The number of rotatable bonds is 4. The molecule has 2 rings (SSSR count). The molecule has 0 fully saturated rings. The number of carbonyl (C=O) groups is 1. The number of amides is 1. The summed E-state index contributed by atoms with van der Waals surface area (Å²) in [4.78, 5) is 19.8. The standard InChI is InChI=1S/C12H13ClN4O/c1-9-6-11(13)10(7-16-9)12(18)15-3-5-17-4-2-14-8-17/h2,4,6-8H,3,5H2,1H3,(H,15,18). The summed E-state index contributed by atoms with van der Waals surface area (Å²) >= 11 is 5.99. The Bertz CT molecular complexity index is 539. The monoisotopic (exact) mass is 264 g/mol. The second-order valence-corrected chi connectivity index (χ2v) is 4.27. The van der Waals surface area contributed by atoms with Gasteiger partial charge in [-0.1, -0.05) is 11.6 Å². The van der Waals surface area contributed by atoms with Crippen molar-refractivity contribution in [3.8, 4) is 0 Å². The molecule has 2 aromatic rings. The molecular weight excluding hydrogens is 252 g/mol. The molecule has 2 heterocycles. The van der Waals surface area contributed by atoms with E-state index >= 15 is 0 Å². The number of aromatic nitrogens is 3. The fourth-order valence-corrected chi connectivity index (χ4v) is 1.80. The largest absolute Gasteiger partial charge is 0.350 e. The lowest BCUT2D eigenvalue weighted by atomic mass is 10.2. The predicted molar refractivity (Wildman–Crippen MR) is 68.5 cm³/mol. The van der Waals surface area contributed by atoms with Crippen molar-refractivity contribution in [2.24, 2.45) is 0 Å². The minimum Gasteiger partial charge on any atom is -0.350 e. The maximum absolute atomic E-state index is 11.8. The number of imidazole rings is 1. The third kappa shape index (κ3) is 3.07. The zero-order valence-corrected chi connectivity index (χ0v) is 10.7. The average Bonchev–Trinajstić information content (AvgIpc) is 2.81. The predicted octanol–water partition coefficient (Wildman–Crippen LogP) is 1.67. The Morgan fingerprint density at radius 2 is 2.39 bits per heavy atom. The number of hydrogen-bond acceptors (Lipinski definition) is 3. The zero-order chi connectivity index (χ0) is 13.0. The van der Waals surface area contributed by atoms with Crippen molar-refractivity contribution in [3.63, 3.8) is 0 Å². The molecule has 0 aliphatic carbocycles. The van der Waals surface area contributed by atoms with Gasteiger partial charge < -0.3 is 9.88 Å². The van der Waals surface area contributed by atoms with Gasteiger partial charge in [0.1, 0.15) is 0 Å². The second-order valence-electron chi connectivity index (χ2n) is 3.86. The molecule has 6 heteroatoms. The first-order valence-corrected chi connectivity index (χ1v) is 5.90. The molecule has 0 aromatic carbocycles. The van der Waals surface area contributed by atoms with E-state index in [1.165, 1.54) is 6.20 Å². The van der Waals surface area contributed by atoms with Gasteiger partial charge in [-0.15, -0.1) is 0 Å². The Balaban J connectivity index is 1.91. The first kappa shape index (κ1) is 12.6. The van der Waals surface area contributed by atoms with E-state index in [1.807, 2.05) is 17.7 Å². The molecule has 94 valence electrons. The molecule has 0 aliphatic heterocycles. The van der Waals surface area contributed by atoms with Crippen molar-refractivity contribution >= 4 is 17.5 Å². The second kappa shape index (κ2) is 5.64. The molecule has 0 saturated carbocycles. The summed E-state index contributed by atoms with van der Waals surface area (Å²) in [6, 6.07) is 1.67. The van der Waals surface area contributed by atoms with E-state index in [2.05, 4.69) is 15.3 Å². The van der Waals surface area contributed by atoms with E-state index in [9.17, 15) is 4.79 Å². The number of nitrogens with one attached hydrogen (secondary N) is 1. The van der Waals surface area contributed by atoms with Gasteiger partial charge in [-0.2, -0.15) is 0 Å². The number of aryl methyl sites for hydroxylation is 1. The van der Waals surface area contributed by atoms with Crippen molar-refractivity contribution in [1.29, 1.82) is 0 Å². The van der Waals surface area contributed by atoms with Crippen LogP contribution in [0.1, 0.15) is 16.1 Å². The average molecular weight is 265 g/mol. The van der Waals surface area contributed by atoms with Gasteiger partial charge in [0.15, 0.2) is 0 Å². The number of halogens is 1. The van der Waals surface area contributed by atoms with Crippen LogP contribution < -0.4 is 5.32 Å². The lowest BCUT2D eigenvalue weighted by molar-refractivity contribution is 0.0952. The van der Waals surface area contributed by atoms with Crippen LogP contribution in [0.15, 0.2) is 31.0 Å². The molecule has 0 atom stereocenters. The highest BCUT2D eigenvalue weighted by molar-refractivity contribution is 6.33. The first-order chi connectivity index (χ1) is 8.66. The van der Waals surface area contributed by atoms with Crippen LogP contribution in [0.25, 0.3) is 0 Å². The molecule has 0 unspecified atom stereocenters. The zero-order valence-electron chi connectivity index (χ0n) is 9.93. The van der Waals surface area contributed by atoms with Crippen molar-refractivity contribution in [2.45, 2.75) is 13.5 Å². The molecule has 0 saturated heterocycles. The molecule has 18 heavy (non-hydrogen) atoms. The highest BCUT2D eigenvalue weighted by atomic mass is 35.5. The molecule has 1 amide bonds. The minimum atomic E-state index is -0.215. The molecule has 0 spiro atoms. The summed E-state index contributed by atoms with van der Waals surface area (Å²) < 4.78 is 1.88. The Kier molecular flexibility index (Phi) is 3.94. The maximum atomic E-state index is 11.8. The van der Waals surface area contributed by atoms with E-state index in [0.29, 0.717) is 23.7 Å². The van der Waals surface area contributed by atoms with Crippen molar-refractivity contribution in [2.75, 3.05) is 6.54 Å². The SMILES string of the molecule is Cc1cc(Cl)c(C(=O)NCCn2ccnc2)cn1. The highest BCUT2D eigenvalue weighted by Gasteiger charge is 2.10. The summed E-state index contributed by atoms with van der Waals surface area (Å²) in [6.45, 7) is 3.01. The van der Waals surface area contributed by atoms with Gasteiger partial charge in [-0.3, -0.25) is 9.78 Å². The fourth-order valence-electron chi connectivity index (χ4n) is 1.51. The summed E-state index contributed by atoms with van der Waals surface area (Å²) in [5.74, 6) is -0.215. The number of pyridine rings is 1. The molecule has 0 bridgehead atoms. The van der Waals surface area contributed by atoms with E-state index in [1.54, 1.807) is 18.6 Å². The summed E-state index contributed by atoms with van der Waals surface area (Å²) in [5, 5.41) is 3.20. The Morgan fingerprint density at radius 3 is 3.06 bits per heavy atom. The lowest BCUT2D eigenvalue weighted by Gasteiger charge is -2.07. The van der Waals surface area contributed by atoms with Gasteiger partial charge in [-0.05, 0) is 13.0 Å². The first-order valence-electron chi connectivity index (χ1n) is 5.53. The molecule has 1 N–H and O–H groups in total. The highest BCUT2D eigenvalue weighted by Crippen LogP contribution is 2.15. The Hall–Kier alpha value is -1.88. The smallest absolute Gasteiger partial charge is 0.254 e. The molecule has 0 aliphatic rings. The summed E-state index contributed by atoms with van der Waals surface area (Å²) in [7, 11) is 0. The van der Waals surface area contributed by atoms with E-state index < -0.39 is 0 Å². The van der Waals surface area contributed by atoms with Crippen LogP contribution in [0.2, 0.25) is 5.02 Å². The molecule has 2 aromatic heterocycles. The third-order valence-corrected chi connectivity index (χ3v) is 2.76. The van der Waals surface area contributed by atoms with E-state index in [-0.39, 0.29) is 5.91 Å². The van der Waals surface area contributed by atoms with Crippen molar-refractivity contribution in [1.82, 2.24) is 19.9 Å². The third-order valence-electron chi connectivity index (χ3n) is 2.45. The topological polar surface area (TPSA) is 59.8 Å². The van der Waals surface area contributed by atoms with Crippen molar-refractivity contribution in [3.05, 3.63) is 47.3 Å². The Morgan fingerprint density at radius 1 is 1.56 bits per heavy atom. The van der Waals surface area contributed by atoms with Crippen LogP contribution in [-0.2, 0) is 6.54 Å². The molecular formula is C12H13ClN4O. The lowest BCUT2D eigenvalue weighted by Crippen LogP contribution is -2.27. The van der Waals surface area contributed by atoms with Gasteiger partial charge in [0, 0.05) is 37.4 Å².